The molecular formula is C18H30N4S. The number of hydrogen-bond acceptors (Lipinski definition) is 4. The number of rotatable bonds is 9. The lowest BCUT2D eigenvalue weighted by molar-refractivity contribution is 0.603. The third-order valence-corrected chi connectivity index (χ3v) is 5.55. The first-order valence-corrected chi connectivity index (χ1v) is 9.89. The van der Waals surface area contributed by atoms with E-state index < -0.39 is 0 Å². The number of aromatic nitrogens is 3. The normalized spacial score (nSPS) is 11.5. The van der Waals surface area contributed by atoms with Gasteiger partial charge < -0.3 is 10.3 Å². The molecule has 2 heterocycles. The Hall–Kier alpha value is -1.23. The molecule has 2 aromatic rings. The second-order valence-corrected chi connectivity index (χ2v) is 7.47. The predicted molar refractivity (Wildman–Crippen MR) is 102 cm³/mol. The van der Waals surface area contributed by atoms with Crippen LogP contribution in [-0.4, -0.2) is 26.0 Å². The number of unbranched alkanes of at least 4 members (excludes halogenated alkanes) is 3. The minimum absolute atomic E-state index is 0.553. The number of nitrogens with zero attached hydrogens (tertiary/aromatic N) is 3. The molecule has 2 aromatic heterocycles. The van der Waals surface area contributed by atoms with Gasteiger partial charge in [0.15, 0.2) is 5.82 Å². The van der Waals surface area contributed by atoms with Crippen LogP contribution in [0.15, 0.2) is 0 Å². The number of fused-ring (bicyclic) bond motifs is 1. The van der Waals surface area contributed by atoms with Gasteiger partial charge >= 0.3 is 0 Å². The highest BCUT2D eigenvalue weighted by atomic mass is 32.2. The topological polar surface area (TPSA) is 56.7 Å². The van der Waals surface area contributed by atoms with Gasteiger partial charge in [-0.1, -0.05) is 19.8 Å². The molecule has 0 unspecified atom stereocenters. The first-order chi connectivity index (χ1) is 11.1. The molecule has 0 saturated carbocycles. The summed E-state index contributed by atoms with van der Waals surface area (Å²) in [6.07, 6.45) is 6.43. The van der Waals surface area contributed by atoms with Crippen LogP contribution in [0.2, 0.25) is 0 Å². The summed E-state index contributed by atoms with van der Waals surface area (Å²) in [7, 11) is 0. The Kier molecular flexibility index (Phi) is 6.75. The summed E-state index contributed by atoms with van der Waals surface area (Å²) in [5.41, 5.74) is 10.3. The number of pyridine rings is 1. The van der Waals surface area contributed by atoms with E-state index in [9.17, 15) is 0 Å². The molecule has 0 amide bonds. The van der Waals surface area contributed by atoms with E-state index in [4.69, 9.17) is 5.73 Å². The molecule has 5 heteroatoms. The van der Waals surface area contributed by atoms with Crippen LogP contribution in [0.3, 0.4) is 0 Å². The molecule has 0 spiro atoms. The van der Waals surface area contributed by atoms with Crippen molar-refractivity contribution in [3.05, 3.63) is 17.1 Å². The molecular weight excluding hydrogens is 304 g/mol. The summed E-state index contributed by atoms with van der Waals surface area (Å²) < 4.78 is 2.32. The molecule has 0 bridgehead atoms. The van der Waals surface area contributed by atoms with Gasteiger partial charge in [-0.25, -0.2) is 9.97 Å². The molecule has 4 nitrogen and oxygen atoms in total. The minimum Gasteiger partial charge on any atom is -0.382 e. The second-order valence-electron chi connectivity index (χ2n) is 6.24. The zero-order chi connectivity index (χ0) is 16.8. The van der Waals surface area contributed by atoms with Gasteiger partial charge in [0.1, 0.15) is 11.3 Å². The van der Waals surface area contributed by atoms with Gasteiger partial charge in [0.2, 0.25) is 0 Å². The zero-order valence-corrected chi connectivity index (χ0v) is 15.8. The van der Waals surface area contributed by atoms with Crippen LogP contribution in [0.4, 0.5) is 5.82 Å². The maximum absolute atomic E-state index is 6.05. The predicted octanol–water partition coefficient (Wildman–Crippen LogP) is 4.64. The average molecular weight is 335 g/mol. The highest BCUT2D eigenvalue weighted by molar-refractivity contribution is 7.99. The SMILES string of the molecule is CCCCSCCCCCn1c(C)nc2c(N)nc(C)c(C)c21. The van der Waals surface area contributed by atoms with Crippen LogP contribution in [0.5, 0.6) is 0 Å². The monoisotopic (exact) mass is 334 g/mol. The lowest BCUT2D eigenvalue weighted by Gasteiger charge is -2.10. The quantitative estimate of drug-likeness (QED) is 0.679. The molecule has 23 heavy (non-hydrogen) atoms. The summed E-state index contributed by atoms with van der Waals surface area (Å²) in [6.45, 7) is 9.47. The second kappa shape index (κ2) is 8.57. The maximum atomic E-state index is 6.05. The van der Waals surface area contributed by atoms with E-state index in [0.717, 1.165) is 23.6 Å². The Balaban J connectivity index is 1.94. The highest BCUT2D eigenvalue weighted by Crippen LogP contribution is 2.26. The standard InChI is InChI=1S/C18H30N4S/c1-5-6-11-23-12-9-7-8-10-22-15(4)21-16-17(22)13(2)14(3)20-18(16)19/h5-12H2,1-4H3,(H2,19,20). The molecule has 128 valence electrons. The van der Waals surface area contributed by atoms with Crippen molar-refractivity contribution in [1.29, 1.82) is 0 Å². The van der Waals surface area contributed by atoms with E-state index >= 15 is 0 Å². The summed E-state index contributed by atoms with van der Waals surface area (Å²) in [6, 6.07) is 0. The fraction of sp³-hybridized carbons (Fsp3) is 0.667. The highest BCUT2D eigenvalue weighted by Gasteiger charge is 2.15. The van der Waals surface area contributed by atoms with Crippen molar-refractivity contribution in [3.63, 3.8) is 0 Å². The van der Waals surface area contributed by atoms with E-state index in [2.05, 4.69) is 47.1 Å². The Morgan fingerprint density at radius 1 is 1.00 bits per heavy atom. The Bertz CT molecular complexity index is 648. The van der Waals surface area contributed by atoms with Gasteiger partial charge in [0, 0.05) is 12.2 Å². The number of hydrogen-bond donors (Lipinski definition) is 1. The molecule has 0 fully saturated rings. The summed E-state index contributed by atoms with van der Waals surface area (Å²) in [4.78, 5) is 9.03. The molecule has 2 N–H and O–H groups in total. The number of nitrogens with two attached hydrogens (primary N) is 1. The number of thioether (sulfide) groups is 1. The van der Waals surface area contributed by atoms with Crippen LogP contribution >= 0.6 is 11.8 Å². The smallest absolute Gasteiger partial charge is 0.151 e. The molecule has 0 saturated heterocycles. The molecule has 0 aliphatic heterocycles. The van der Waals surface area contributed by atoms with E-state index in [-0.39, 0.29) is 0 Å². The Labute approximate surface area is 144 Å². The van der Waals surface area contributed by atoms with Crippen LogP contribution < -0.4 is 5.73 Å². The van der Waals surface area contributed by atoms with Gasteiger partial charge in [-0.15, -0.1) is 0 Å². The van der Waals surface area contributed by atoms with Crippen molar-refractivity contribution < 1.29 is 0 Å². The average Bonchev–Trinajstić information content (AvgIpc) is 2.85. The van der Waals surface area contributed by atoms with Crippen LogP contribution in [0.1, 0.15) is 56.1 Å². The fourth-order valence-electron chi connectivity index (χ4n) is 2.89. The largest absolute Gasteiger partial charge is 0.382 e. The zero-order valence-electron chi connectivity index (χ0n) is 15.0. The fourth-order valence-corrected chi connectivity index (χ4v) is 3.99. The van der Waals surface area contributed by atoms with Crippen LogP contribution in [0.25, 0.3) is 11.0 Å². The lowest BCUT2D eigenvalue weighted by atomic mass is 10.2. The molecule has 0 aliphatic carbocycles. The first kappa shape index (κ1) is 18.1. The van der Waals surface area contributed by atoms with Crippen LogP contribution in [-0.2, 0) is 6.54 Å². The molecule has 2 rings (SSSR count). The van der Waals surface area contributed by atoms with Crippen molar-refractivity contribution in [2.75, 3.05) is 17.2 Å². The maximum Gasteiger partial charge on any atom is 0.151 e. The molecule has 0 aromatic carbocycles. The van der Waals surface area contributed by atoms with E-state index in [0.29, 0.717) is 5.82 Å². The summed E-state index contributed by atoms with van der Waals surface area (Å²) >= 11 is 2.09. The van der Waals surface area contributed by atoms with Crippen molar-refractivity contribution in [3.8, 4) is 0 Å². The Morgan fingerprint density at radius 3 is 2.48 bits per heavy atom. The summed E-state index contributed by atoms with van der Waals surface area (Å²) in [5.74, 6) is 4.20. The third-order valence-electron chi connectivity index (χ3n) is 4.40. The van der Waals surface area contributed by atoms with Crippen molar-refractivity contribution >= 4 is 28.6 Å². The van der Waals surface area contributed by atoms with Crippen molar-refractivity contribution in [2.24, 2.45) is 0 Å². The van der Waals surface area contributed by atoms with Gasteiger partial charge in [-0.2, -0.15) is 11.8 Å². The Morgan fingerprint density at radius 2 is 1.74 bits per heavy atom. The first-order valence-electron chi connectivity index (χ1n) is 8.73. The lowest BCUT2D eigenvalue weighted by Crippen LogP contribution is -2.04. The van der Waals surface area contributed by atoms with Crippen molar-refractivity contribution in [1.82, 2.24) is 14.5 Å². The van der Waals surface area contributed by atoms with Gasteiger partial charge in [-0.05, 0) is 57.1 Å². The number of anilines is 1. The van der Waals surface area contributed by atoms with Gasteiger partial charge in [-0.3, -0.25) is 0 Å². The summed E-state index contributed by atoms with van der Waals surface area (Å²) in [5, 5.41) is 0. The minimum atomic E-state index is 0.553. The molecule has 0 radical (unpaired) electrons. The third kappa shape index (κ3) is 4.40. The van der Waals surface area contributed by atoms with E-state index in [1.807, 2.05) is 6.92 Å². The van der Waals surface area contributed by atoms with Crippen molar-refractivity contribution in [2.45, 2.75) is 66.3 Å². The number of aryl methyl sites for hydroxylation is 4. The van der Waals surface area contributed by atoms with E-state index in [1.54, 1.807) is 0 Å². The number of imidazole rings is 1. The number of nitrogen functional groups attached to an aromatic ring is 1. The van der Waals surface area contributed by atoms with Gasteiger partial charge in [0.25, 0.3) is 0 Å². The van der Waals surface area contributed by atoms with Gasteiger partial charge in [0.05, 0.1) is 5.52 Å². The van der Waals surface area contributed by atoms with Crippen LogP contribution in [0, 0.1) is 20.8 Å². The molecule has 0 atom stereocenters. The molecule has 0 aliphatic rings. The van der Waals surface area contributed by atoms with E-state index in [1.165, 1.54) is 54.7 Å².